The Hall–Kier alpha value is -0.570. The van der Waals surface area contributed by atoms with Crippen LogP contribution in [0.15, 0.2) is 0 Å². The molecule has 0 aromatic carbocycles. The van der Waals surface area contributed by atoms with Gasteiger partial charge in [-0.05, 0) is 37.6 Å². The molecule has 3 heteroatoms. The fourth-order valence-corrected chi connectivity index (χ4v) is 2.09. The molecule has 2 unspecified atom stereocenters. The molecule has 0 radical (unpaired) electrons. The van der Waals surface area contributed by atoms with Crippen molar-refractivity contribution in [2.45, 2.75) is 59.9 Å². The predicted molar refractivity (Wildman–Crippen MR) is 69.1 cm³/mol. The normalized spacial score (nSPS) is 15.6. The van der Waals surface area contributed by atoms with Gasteiger partial charge in [0.05, 0.1) is 0 Å². The van der Waals surface area contributed by atoms with Crippen molar-refractivity contribution in [2.24, 2.45) is 17.1 Å². The maximum atomic E-state index is 11.7. The first kappa shape index (κ1) is 15.4. The zero-order valence-corrected chi connectivity index (χ0v) is 11.5. The lowest BCUT2D eigenvalue weighted by Crippen LogP contribution is -2.35. The van der Waals surface area contributed by atoms with Gasteiger partial charge in [0.15, 0.2) is 0 Å². The lowest BCUT2D eigenvalue weighted by Gasteiger charge is -2.23. The van der Waals surface area contributed by atoms with E-state index in [1.807, 2.05) is 6.92 Å². The minimum atomic E-state index is 0.151. The first-order valence-electron chi connectivity index (χ1n) is 6.24. The van der Waals surface area contributed by atoms with Crippen LogP contribution in [0.1, 0.15) is 53.9 Å². The van der Waals surface area contributed by atoms with E-state index in [-0.39, 0.29) is 11.9 Å². The molecule has 0 heterocycles. The average Bonchev–Trinajstić information content (AvgIpc) is 1.98. The van der Waals surface area contributed by atoms with Crippen LogP contribution in [-0.2, 0) is 4.79 Å². The van der Waals surface area contributed by atoms with Gasteiger partial charge in [-0.1, -0.05) is 27.7 Å². The van der Waals surface area contributed by atoms with Gasteiger partial charge in [0.25, 0.3) is 0 Å². The van der Waals surface area contributed by atoms with Gasteiger partial charge in [0, 0.05) is 12.5 Å². The van der Waals surface area contributed by atoms with Crippen molar-refractivity contribution in [3.8, 4) is 0 Å². The predicted octanol–water partition coefficient (Wildman–Crippen LogP) is 2.30. The number of rotatable bonds is 6. The van der Waals surface area contributed by atoms with Crippen molar-refractivity contribution < 1.29 is 4.79 Å². The van der Waals surface area contributed by atoms with Gasteiger partial charge in [-0.15, -0.1) is 0 Å². The van der Waals surface area contributed by atoms with Crippen molar-refractivity contribution >= 4 is 5.91 Å². The van der Waals surface area contributed by atoms with E-state index in [1.165, 1.54) is 0 Å². The molecule has 0 aliphatic heterocycles. The Morgan fingerprint density at radius 3 is 2.31 bits per heavy atom. The molecule has 3 nitrogen and oxygen atoms in total. The Labute approximate surface area is 100 Å². The summed E-state index contributed by atoms with van der Waals surface area (Å²) >= 11 is 0. The summed E-state index contributed by atoms with van der Waals surface area (Å²) < 4.78 is 0. The summed E-state index contributed by atoms with van der Waals surface area (Å²) in [5.74, 6) is 0.586. The third-order valence-electron chi connectivity index (χ3n) is 2.50. The van der Waals surface area contributed by atoms with Gasteiger partial charge >= 0.3 is 0 Å². The number of carbonyl (C=O) groups excluding carboxylic acids is 1. The largest absolute Gasteiger partial charge is 0.354 e. The van der Waals surface area contributed by atoms with Crippen LogP contribution in [0.2, 0.25) is 0 Å². The molecule has 0 aliphatic rings. The summed E-state index contributed by atoms with van der Waals surface area (Å²) in [4.78, 5) is 11.7. The van der Waals surface area contributed by atoms with Crippen molar-refractivity contribution in [1.29, 1.82) is 0 Å². The van der Waals surface area contributed by atoms with Gasteiger partial charge in [0.1, 0.15) is 0 Å². The first-order chi connectivity index (χ1) is 7.24. The minimum absolute atomic E-state index is 0.151. The second kappa shape index (κ2) is 6.89. The third kappa shape index (κ3) is 8.72. The van der Waals surface area contributed by atoms with Gasteiger partial charge < -0.3 is 11.1 Å². The van der Waals surface area contributed by atoms with Crippen LogP contribution in [0, 0.1) is 11.3 Å². The summed E-state index contributed by atoms with van der Waals surface area (Å²) in [5.41, 5.74) is 5.73. The zero-order valence-electron chi connectivity index (χ0n) is 11.5. The van der Waals surface area contributed by atoms with Crippen LogP contribution in [0.4, 0.5) is 0 Å². The first-order valence-corrected chi connectivity index (χ1v) is 6.24. The summed E-state index contributed by atoms with van der Waals surface area (Å²) in [7, 11) is 0. The molecule has 1 amide bonds. The standard InChI is InChI=1S/C13H28N2O/c1-10(9-13(3,4)5)8-12(16)15-11(2)6-7-14/h10-11H,6-9,14H2,1-5H3,(H,15,16). The smallest absolute Gasteiger partial charge is 0.220 e. The quantitative estimate of drug-likeness (QED) is 0.733. The average molecular weight is 228 g/mol. The van der Waals surface area contributed by atoms with Crippen LogP contribution < -0.4 is 11.1 Å². The molecule has 0 bridgehead atoms. The van der Waals surface area contributed by atoms with Crippen LogP contribution in [0.25, 0.3) is 0 Å². The molecule has 0 fully saturated rings. The molecular weight excluding hydrogens is 200 g/mol. The van der Waals surface area contributed by atoms with Gasteiger partial charge in [-0.25, -0.2) is 0 Å². The van der Waals surface area contributed by atoms with Gasteiger partial charge in [0.2, 0.25) is 5.91 Å². The third-order valence-corrected chi connectivity index (χ3v) is 2.50. The second-order valence-corrected chi connectivity index (χ2v) is 6.12. The highest BCUT2D eigenvalue weighted by atomic mass is 16.1. The lowest BCUT2D eigenvalue weighted by molar-refractivity contribution is -0.122. The molecule has 16 heavy (non-hydrogen) atoms. The molecule has 0 spiro atoms. The Balaban J connectivity index is 3.87. The molecule has 0 aliphatic carbocycles. The Morgan fingerprint density at radius 2 is 1.88 bits per heavy atom. The van der Waals surface area contributed by atoms with E-state index in [0.717, 1.165) is 12.8 Å². The molecule has 2 atom stereocenters. The Kier molecular flexibility index (Phi) is 6.65. The van der Waals surface area contributed by atoms with E-state index >= 15 is 0 Å². The highest BCUT2D eigenvalue weighted by molar-refractivity contribution is 5.76. The fraction of sp³-hybridized carbons (Fsp3) is 0.923. The van der Waals surface area contributed by atoms with E-state index in [1.54, 1.807) is 0 Å². The molecule has 0 saturated heterocycles. The fourth-order valence-electron chi connectivity index (χ4n) is 2.09. The van der Waals surface area contributed by atoms with Crippen LogP contribution >= 0.6 is 0 Å². The maximum Gasteiger partial charge on any atom is 0.220 e. The molecule has 0 rings (SSSR count). The SMILES string of the molecule is CC(CC(=O)NC(C)CCN)CC(C)(C)C. The number of carbonyl (C=O) groups is 1. The number of amides is 1. The van der Waals surface area contributed by atoms with E-state index in [2.05, 4.69) is 33.0 Å². The number of hydrogen-bond acceptors (Lipinski definition) is 2. The van der Waals surface area contributed by atoms with E-state index in [9.17, 15) is 4.79 Å². The number of nitrogens with one attached hydrogen (secondary N) is 1. The molecule has 0 aromatic heterocycles. The van der Waals surface area contributed by atoms with Crippen molar-refractivity contribution in [3.63, 3.8) is 0 Å². The molecule has 3 N–H and O–H groups in total. The van der Waals surface area contributed by atoms with Crippen LogP contribution in [0.5, 0.6) is 0 Å². The highest BCUT2D eigenvalue weighted by Crippen LogP contribution is 2.25. The summed E-state index contributed by atoms with van der Waals surface area (Å²) in [6.45, 7) is 11.4. The molecular formula is C13H28N2O. The lowest BCUT2D eigenvalue weighted by atomic mass is 9.84. The summed E-state index contributed by atoms with van der Waals surface area (Å²) in [6, 6.07) is 0.194. The van der Waals surface area contributed by atoms with E-state index < -0.39 is 0 Å². The monoisotopic (exact) mass is 228 g/mol. The van der Waals surface area contributed by atoms with E-state index in [4.69, 9.17) is 5.73 Å². The minimum Gasteiger partial charge on any atom is -0.354 e. The summed E-state index contributed by atoms with van der Waals surface area (Å²) in [6.07, 6.45) is 2.54. The Morgan fingerprint density at radius 1 is 1.31 bits per heavy atom. The van der Waals surface area contributed by atoms with Gasteiger partial charge in [-0.2, -0.15) is 0 Å². The van der Waals surface area contributed by atoms with Crippen molar-refractivity contribution in [2.75, 3.05) is 6.54 Å². The summed E-state index contributed by atoms with van der Waals surface area (Å²) in [5, 5.41) is 2.98. The van der Waals surface area contributed by atoms with Crippen molar-refractivity contribution in [1.82, 2.24) is 5.32 Å². The molecule has 0 aromatic rings. The number of hydrogen-bond donors (Lipinski definition) is 2. The van der Waals surface area contributed by atoms with Gasteiger partial charge in [-0.3, -0.25) is 4.79 Å². The molecule has 0 saturated carbocycles. The second-order valence-electron chi connectivity index (χ2n) is 6.12. The van der Waals surface area contributed by atoms with Crippen LogP contribution in [-0.4, -0.2) is 18.5 Å². The Bertz CT molecular complexity index is 208. The zero-order chi connectivity index (χ0) is 12.8. The van der Waals surface area contributed by atoms with Crippen LogP contribution in [0.3, 0.4) is 0 Å². The van der Waals surface area contributed by atoms with Crippen molar-refractivity contribution in [3.05, 3.63) is 0 Å². The number of nitrogens with two attached hydrogens (primary N) is 1. The highest BCUT2D eigenvalue weighted by Gasteiger charge is 2.18. The topological polar surface area (TPSA) is 55.1 Å². The van der Waals surface area contributed by atoms with E-state index in [0.29, 0.717) is 24.3 Å². The maximum absolute atomic E-state index is 11.7. The molecule has 96 valence electrons.